The Morgan fingerprint density at radius 3 is 2.36 bits per heavy atom. The lowest BCUT2D eigenvalue weighted by Gasteiger charge is -2.09. The zero-order valence-corrected chi connectivity index (χ0v) is 14.4. The Hall–Kier alpha value is -3.21. The minimum Gasteiger partial charge on any atom is -0.438 e. The summed E-state index contributed by atoms with van der Waals surface area (Å²) in [6, 6.07) is 16.6. The van der Waals surface area contributed by atoms with Crippen LogP contribution in [0.1, 0.15) is 27.2 Å². The van der Waals surface area contributed by atoms with Crippen molar-refractivity contribution in [2.45, 2.75) is 20.8 Å². The molecular weight excluding hydrogens is 314 g/mol. The highest BCUT2D eigenvalue weighted by Gasteiger charge is 2.09. The van der Waals surface area contributed by atoms with Crippen molar-refractivity contribution in [3.05, 3.63) is 77.0 Å². The van der Waals surface area contributed by atoms with Crippen LogP contribution >= 0.6 is 0 Å². The van der Waals surface area contributed by atoms with Crippen LogP contribution in [0.3, 0.4) is 0 Å². The van der Waals surface area contributed by atoms with Gasteiger partial charge >= 0.3 is 0 Å². The Balaban J connectivity index is 1.69. The first-order chi connectivity index (χ1) is 12.0. The lowest BCUT2D eigenvalue weighted by atomic mass is 10.1. The number of carbonyl (C=O) groups excluding carboxylic acids is 1. The number of aryl methyl sites for hydroxylation is 3. The molecule has 1 amide bonds. The molecule has 126 valence electrons. The van der Waals surface area contributed by atoms with Crippen molar-refractivity contribution < 1.29 is 9.53 Å². The number of hydrogen-bond acceptors (Lipinski definition) is 4. The first kappa shape index (κ1) is 16.6. The second-order valence-corrected chi connectivity index (χ2v) is 5.91. The van der Waals surface area contributed by atoms with Crippen molar-refractivity contribution in [3.63, 3.8) is 0 Å². The quantitative estimate of drug-likeness (QED) is 0.766. The van der Waals surface area contributed by atoms with Gasteiger partial charge in [-0.25, -0.2) is 0 Å². The predicted molar refractivity (Wildman–Crippen MR) is 97.2 cm³/mol. The Kier molecular flexibility index (Phi) is 4.75. The summed E-state index contributed by atoms with van der Waals surface area (Å²) in [5.41, 5.74) is 4.21. The molecule has 0 spiro atoms. The Bertz CT molecular complexity index is 888. The van der Waals surface area contributed by atoms with Gasteiger partial charge in [-0.05, 0) is 62.7 Å². The summed E-state index contributed by atoms with van der Waals surface area (Å²) in [5.74, 6) is 0.930. The highest BCUT2D eigenvalue weighted by molar-refractivity contribution is 6.05. The van der Waals surface area contributed by atoms with Crippen LogP contribution in [0.15, 0.2) is 54.6 Å². The average molecular weight is 333 g/mol. The molecule has 1 aromatic heterocycles. The van der Waals surface area contributed by atoms with Crippen molar-refractivity contribution in [3.8, 4) is 11.6 Å². The number of rotatable bonds is 4. The van der Waals surface area contributed by atoms with Gasteiger partial charge < -0.3 is 10.1 Å². The molecule has 0 saturated heterocycles. The molecule has 0 unspecified atom stereocenters. The fourth-order valence-corrected chi connectivity index (χ4v) is 2.35. The number of aromatic nitrogens is 2. The molecular formula is C20H19N3O2. The zero-order valence-electron chi connectivity index (χ0n) is 14.4. The maximum atomic E-state index is 12.4. The van der Waals surface area contributed by atoms with Crippen molar-refractivity contribution in [1.82, 2.24) is 10.2 Å². The number of amides is 1. The second-order valence-electron chi connectivity index (χ2n) is 5.91. The molecule has 1 N–H and O–H groups in total. The van der Waals surface area contributed by atoms with Gasteiger partial charge in [-0.15, -0.1) is 5.10 Å². The van der Waals surface area contributed by atoms with Crippen molar-refractivity contribution in [1.29, 1.82) is 0 Å². The number of ether oxygens (including phenoxy) is 1. The molecule has 2 aromatic carbocycles. The molecule has 0 atom stereocenters. The van der Waals surface area contributed by atoms with Gasteiger partial charge in [0.1, 0.15) is 5.75 Å². The molecule has 5 nitrogen and oxygen atoms in total. The smallest absolute Gasteiger partial charge is 0.255 e. The largest absolute Gasteiger partial charge is 0.438 e. The third kappa shape index (κ3) is 4.20. The first-order valence-electron chi connectivity index (χ1n) is 7.98. The van der Waals surface area contributed by atoms with Crippen LogP contribution in [-0.2, 0) is 0 Å². The van der Waals surface area contributed by atoms with E-state index in [1.54, 1.807) is 30.3 Å². The summed E-state index contributed by atoms with van der Waals surface area (Å²) < 4.78 is 5.63. The van der Waals surface area contributed by atoms with Crippen LogP contribution < -0.4 is 10.1 Å². The minimum absolute atomic E-state index is 0.126. The van der Waals surface area contributed by atoms with Crippen LogP contribution in [-0.4, -0.2) is 16.1 Å². The summed E-state index contributed by atoms with van der Waals surface area (Å²) in [4.78, 5) is 12.4. The number of anilines is 1. The molecule has 0 aliphatic heterocycles. The van der Waals surface area contributed by atoms with Gasteiger partial charge in [-0.3, -0.25) is 4.79 Å². The van der Waals surface area contributed by atoms with Gasteiger partial charge in [-0.2, -0.15) is 5.10 Å². The van der Waals surface area contributed by atoms with E-state index in [9.17, 15) is 4.79 Å². The molecule has 0 saturated carbocycles. The molecule has 0 bridgehead atoms. The molecule has 3 rings (SSSR count). The topological polar surface area (TPSA) is 64.1 Å². The minimum atomic E-state index is -0.126. The maximum absolute atomic E-state index is 12.4. The lowest BCUT2D eigenvalue weighted by molar-refractivity contribution is 0.102. The summed E-state index contributed by atoms with van der Waals surface area (Å²) in [6.45, 7) is 5.76. The third-order valence-corrected chi connectivity index (χ3v) is 3.75. The van der Waals surface area contributed by atoms with Gasteiger partial charge in [0.25, 0.3) is 5.91 Å². The van der Waals surface area contributed by atoms with Crippen LogP contribution in [0.2, 0.25) is 0 Å². The van der Waals surface area contributed by atoms with E-state index in [0.29, 0.717) is 22.9 Å². The molecule has 0 fully saturated rings. The van der Waals surface area contributed by atoms with Crippen molar-refractivity contribution in [2.24, 2.45) is 0 Å². The molecule has 5 heteroatoms. The van der Waals surface area contributed by atoms with Crippen LogP contribution in [0.4, 0.5) is 5.69 Å². The SMILES string of the molecule is Cc1ccc(C)c(C(=O)Nc2ccc(Oc3ccc(C)nn3)cc2)c1. The molecule has 0 aliphatic rings. The van der Waals surface area contributed by atoms with Crippen LogP contribution in [0.5, 0.6) is 11.6 Å². The van der Waals surface area contributed by atoms with E-state index < -0.39 is 0 Å². The maximum Gasteiger partial charge on any atom is 0.255 e. The highest BCUT2D eigenvalue weighted by Crippen LogP contribution is 2.22. The third-order valence-electron chi connectivity index (χ3n) is 3.75. The Morgan fingerprint density at radius 1 is 0.920 bits per heavy atom. The number of benzene rings is 2. The van der Waals surface area contributed by atoms with Crippen LogP contribution in [0, 0.1) is 20.8 Å². The second kappa shape index (κ2) is 7.13. The monoisotopic (exact) mass is 333 g/mol. The molecule has 0 radical (unpaired) electrons. The van der Waals surface area contributed by atoms with Gasteiger partial charge in [0.05, 0.1) is 5.69 Å². The lowest BCUT2D eigenvalue weighted by Crippen LogP contribution is -2.13. The Labute approximate surface area is 146 Å². The first-order valence-corrected chi connectivity index (χ1v) is 7.98. The average Bonchev–Trinajstić information content (AvgIpc) is 2.60. The van der Waals surface area contributed by atoms with E-state index in [0.717, 1.165) is 16.8 Å². The van der Waals surface area contributed by atoms with E-state index in [4.69, 9.17) is 4.74 Å². The number of hydrogen-bond donors (Lipinski definition) is 1. The van der Waals surface area contributed by atoms with E-state index in [1.165, 1.54) is 0 Å². The normalized spacial score (nSPS) is 10.4. The Morgan fingerprint density at radius 2 is 1.68 bits per heavy atom. The molecule has 3 aromatic rings. The van der Waals surface area contributed by atoms with Crippen molar-refractivity contribution >= 4 is 11.6 Å². The van der Waals surface area contributed by atoms with Crippen LogP contribution in [0.25, 0.3) is 0 Å². The highest BCUT2D eigenvalue weighted by atomic mass is 16.5. The fourth-order valence-electron chi connectivity index (χ4n) is 2.35. The number of nitrogens with one attached hydrogen (secondary N) is 1. The van der Waals surface area contributed by atoms with Crippen molar-refractivity contribution in [2.75, 3.05) is 5.32 Å². The number of nitrogens with zero attached hydrogens (tertiary/aromatic N) is 2. The summed E-state index contributed by atoms with van der Waals surface area (Å²) in [5, 5.41) is 10.8. The standard InChI is InChI=1S/C20H19N3O2/c1-13-4-5-14(2)18(12-13)20(24)21-16-7-9-17(10-8-16)25-19-11-6-15(3)22-23-19/h4-12H,1-3H3,(H,21,24). The van der Waals surface area contributed by atoms with E-state index in [-0.39, 0.29) is 5.91 Å². The van der Waals surface area contributed by atoms with E-state index in [2.05, 4.69) is 15.5 Å². The predicted octanol–water partition coefficient (Wildman–Crippen LogP) is 4.45. The summed E-state index contributed by atoms with van der Waals surface area (Å²) >= 11 is 0. The van der Waals surface area contributed by atoms with E-state index >= 15 is 0 Å². The molecule has 1 heterocycles. The zero-order chi connectivity index (χ0) is 17.8. The fraction of sp³-hybridized carbons (Fsp3) is 0.150. The molecule has 25 heavy (non-hydrogen) atoms. The van der Waals surface area contributed by atoms with Gasteiger partial charge in [0, 0.05) is 17.3 Å². The summed E-state index contributed by atoms with van der Waals surface area (Å²) in [6.07, 6.45) is 0. The van der Waals surface area contributed by atoms with Gasteiger partial charge in [-0.1, -0.05) is 17.7 Å². The van der Waals surface area contributed by atoms with E-state index in [1.807, 2.05) is 45.0 Å². The number of carbonyl (C=O) groups is 1. The van der Waals surface area contributed by atoms with Gasteiger partial charge in [0.15, 0.2) is 0 Å². The summed E-state index contributed by atoms with van der Waals surface area (Å²) in [7, 11) is 0. The van der Waals surface area contributed by atoms with Gasteiger partial charge in [0.2, 0.25) is 5.88 Å². The molecule has 0 aliphatic carbocycles.